The first-order chi connectivity index (χ1) is 12.4. The van der Waals surface area contributed by atoms with Gasteiger partial charge in [0, 0.05) is 22.8 Å². The molecule has 126 valence electrons. The molecule has 3 aromatic heterocycles. The SMILES string of the molecule is c1ccc2sc(-c3ccc(-c4ccc(N5CCCCC5)s4)s3)nc2c1. The largest absolute Gasteiger partial charge is 0.363 e. The van der Waals surface area contributed by atoms with Crippen molar-refractivity contribution in [1.29, 1.82) is 0 Å². The van der Waals surface area contributed by atoms with Gasteiger partial charge in [0.1, 0.15) is 5.01 Å². The molecule has 0 N–H and O–H groups in total. The summed E-state index contributed by atoms with van der Waals surface area (Å²) in [6.07, 6.45) is 4.03. The third kappa shape index (κ3) is 3.01. The number of thiophene rings is 2. The Balaban J connectivity index is 1.43. The molecule has 0 spiro atoms. The van der Waals surface area contributed by atoms with E-state index < -0.39 is 0 Å². The second-order valence-corrected chi connectivity index (χ2v) is 9.51. The van der Waals surface area contributed by atoms with Crippen molar-refractivity contribution in [2.75, 3.05) is 18.0 Å². The van der Waals surface area contributed by atoms with Crippen molar-refractivity contribution in [1.82, 2.24) is 4.98 Å². The first-order valence-electron chi connectivity index (χ1n) is 8.68. The van der Waals surface area contributed by atoms with Crippen LogP contribution in [-0.2, 0) is 0 Å². The highest BCUT2D eigenvalue weighted by atomic mass is 32.1. The van der Waals surface area contributed by atoms with Gasteiger partial charge in [0.25, 0.3) is 0 Å². The molecule has 0 amide bonds. The van der Waals surface area contributed by atoms with E-state index in [4.69, 9.17) is 4.98 Å². The highest BCUT2D eigenvalue weighted by Crippen LogP contribution is 2.42. The number of anilines is 1. The molecule has 4 heterocycles. The van der Waals surface area contributed by atoms with Gasteiger partial charge in [-0.15, -0.1) is 34.0 Å². The minimum Gasteiger partial charge on any atom is -0.363 e. The van der Waals surface area contributed by atoms with Crippen LogP contribution in [0.5, 0.6) is 0 Å². The molecule has 0 aliphatic carbocycles. The monoisotopic (exact) mass is 382 g/mol. The lowest BCUT2D eigenvalue weighted by Gasteiger charge is -2.27. The van der Waals surface area contributed by atoms with Gasteiger partial charge in [0.15, 0.2) is 0 Å². The van der Waals surface area contributed by atoms with Gasteiger partial charge in [-0.2, -0.15) is 0 Å². The third-order valence-electron chi connectivity index (χ3n) is 4.61. The van der Waals surface area contributed by atoms with Crippen LogP contribution in [0.15, 0.2) is 48.5 Å². The van der Waals surface area contributed by atoms with Crippen LogP contribution in [-0.4, -0.2) is 18.1 Å². The van der Waals surface area contributed by atoms with E-state index >= 15 is 0 Å². The summed E-state index contributed by atoms with van der Waals surface area (Å²) < 4.78 is 1.26. The van der Waals surface area contributed by atoms with Crippen LogP contribution in [0.4, 0.5) is 5.00 Å². The summed E-state index contributed by atoms with van der Waals surface area (Å²) >= 11 is 5.56. The number of aromatic nitrogens is 1. The van der Waals surface area contributed by atoms with Crippen LogP contribution in [0, 0.1) is 0 Å². The normalized spacial score (nSPS) is 15.1. The standard InChI is InChI=1S/C20H18N2S3/c1-4-12-22(13-5-1)19-11-10-17(24-19)16-8-9-18(23-16)20-21-14-6-2-3-7-15(14)25-20/h2-3,6-11H,1,4-5,12-13H2. The van der Waals surface area contributed by atoms with Gasteiger partial charge in [-0.3, -0.25) is 0 Å². The van der Waals surface area contributed by atoms with Crippen molar-refractivity contribution >= 4 is 49.2 Å². The van der Waals surface area contributed by atoms with Gasteiger partial charge in [0.05, 0.1) is 20.1 Å². The first-order valence-corrected chi connectivity index (χ1v) is 11.1. The predicted molar refractivity (Wildman–Crippen MR) is 112 cm³/mol. The smallest absolute Gasteiger partial charge is 0.134 e. The maximum atomic E-state index is 4.79. The number of thiazole rings is 1. The van der Waals surface area contributed by atoms with E-state index in [2.05, 4.69) is 53.4 Å². The van der Waals surface area contributed by atoms with Gasteiger partial charge in [-0.1, -0.05) is 12.1 Å². The topological polar surface area (TPSA) is 16.1 Å². The summed E-state index contributed by atoms with van der Waals surface area (Å²) in [4.78, 5) is 11.3. The van der Waals surface area contributed by atoms with Gasteiger partial charge in [-0.05, 0) is 55.7 Å². The quantitative estimate of drug-likeness (QED) is 0.390. The highest BCUT2D eigenvalue weighted by Gasteiger charge is 2.15. The van der Waals surface area contributed by atoms with Gasteiger partial charge in [0.2, 0.25) is 0 Å². The Kier molecular flexibility index (Phi) is 4.08. The lowest BCUT2D eigenvalue weighted by atomic mass is 10.1. The molecule has 25 heavy (non-hydrogen) atoms. The van der Waals surface area contributed by atoms with Crippen LogP contribution in [0.3, 0.4) is 0 Å². The molecular weight excluding hydrogens is 364 g/mol. The van der Waals surface area contributed by atoms with Gasteiger partial charge < -0.3 is 4.90 Å². The van der Waals surface area contributed by atoms with Crippen LogP contribution >= 0.6 is 34.0 Å². The molecule has 0 bridgehead atoms. The summed E-state index contributed by atoms with van der Waals surface area (Å²) in [6, 6.07) is 17.4. The summed E-state index contributed by atoms with van der Waals surface area (Å²) in [5.74, 6) is 0. The molecule has 5 rings (SSSR count). The number of hydrogen-bond acceptors (Lipinski definition) is 5. The maximum absolute atomic E-state index is 4.79. The predicted octanol–water partition coefficient (Wildman–Crippen LogP) is 6.74. The number of rotatable bonds is 3. The van der Waals surface area contributed by atoms with E-state index in [1.165, 1.54) is 56.7 Å². The molecule has 4 aromatic rings. The van der Waals surface area contributed by atoms with Crippen LogP contribution < -0.4 is 4.90 Å². The zero-order valence-electron chi connectivity index (χ0n) is 13.8. The fourth-order valence-electron chi connectivity index (χ4n) is 3.31. The number of para-hydroxylation sites is 1. The number of fused-ring (bicyclic) bond motifs is 1. The minimum absolute atomic E-state index is 1.10. The summed E-state index contributed by atoms with van der Waals surface area (Å²) in [5.41, 5.74) is 1.10. The summed E-state index contributed by atoms with van der Waals surface area (Å²) in [5, 5.41) is 2.55. The Hall–Kier alpha value is -1.69. The van der Waals surface area contributed by atoms with Crippen LogP contribution in [0.1, 0.15) is 19.3 Å². The third-order valence-corrected chi connectivity index (χ3v) is 8.25. The Morgan fingerprint density at radius 2 is 1.48 bits per heavy atom. The molecule has 0 radical (unpaired) electrons. The van der Waals surface area contributed by atoms with Crippen molar-refractivity contribution in [2.45, 2.75) is 19.3 Å². The Bertz CT molecular complexity index is 972. The van der Waals surface area contributed by atoms with Gasteiger partial charge in [-0.25, -0.2) is 4.98 Å². The van der Waals surface area contributed by atoms with Crippen molar-refractivity contribution in [3.8, 4) is 19.6 Å². The average molecular weight is 383 g/mol. The molecule has 1 saturated heterocycles. The minimum atomic E-state index is 1.10. The summed E-state index contributed by atoms with van der Waals surface area (Å²) in [6.45, 7) is 2.42. The lowest BCUT2D eigenvalue weighted by Crippen LogP contribution is -2.28. The Labute approximate surface area is 159 Å². The average Bonchev–Trinajstić information content (AvgIpc) is 3.39. The summed E-state index contributed by atoms with van der Waals surface area (Å²) in [7, 11) is 0. The molecule has 5 heteroatoms. The number of benzene rings is 1. The van der Waals surface area contributed by atoms with E-state index in [1.807, 2.05) is 22.7 Å². The molecule has 1 aromatic carbocycles. The fraction of sp³-hybridized carbons (Fsp3) is 0.250. The molecule has 1 aliphatic heterocycles. The molecule has 1 fully saturated rings. The molecule has 2 nitrogen and oxygen atoms in total. The Morgan fingerprint density at radius 1 is 0.720 bits per heavy atom. The second-order valence-electron chi connectivity index (χ2n) is 6.34. The maximum Gasteiger partial charge on any atom is 0.134 e. The fourth-order valence-corrected chi connectivity index (χ4v) is 6.48. The van der Waals surface area contributed by atoms with E-state index in [9.17, 15) is 0 Å². The first kappa shape index (κ1) is 15.6. The van der Waals surface area contributed by atoms with E-state index in [-0.39, 0.29) is 0 Å². The zero-order chi connectivity index (χ0) is 16.6. The van der Waals surface area contributed by atoms with Crippen molar-refractivity contribution in [3.63, 3.8) is 0 Å². The van der Waals surface area contributed by atoms with E-state index in [0.29, 0.717) is 0 Å². The van der Waals surface area contributed by atoms with E-state index in [1.54, 1.807) is 11.3 Å². The highest BCUT2D eigenvalue weighted by molar-refractivity contribution is 7.28. The Morgan fingerprint density at radius 3 is 2.36 bits per heavy atom. The van der Waals surface area contributed by atoms with Crippen LogP contribution in [0.2, 0.25) is 0 Å². The van der Waals surface area contributed by atoms with Gasteiger partial charge >= 0.3 is 0 Å². The molecule has 0 unspecified atom stereocenters. The van der Waals surface area contributed by atoms with Crippen LogP contribution in [0.25, 0.3) is 29.9 Å². The van der Waals surface area contributed by atoms with E-state index in [0.717, 1.165) is 10.5 Å². The molecule has 1 aliphatic rings. The van der Waals surface area contributed by atoms with Crippen molar-refractivity contribution < 1.29 is 0 Å². The zero-order valence-corrected chi connectivity index (χ0v) is 16.2. The van der Waals surface area contributed by atoms with Crippen molar-refractivity contribution in [3.05, 3.63) is 48.5 Å². The molecular formula is C20H18N2S3. The number of hydrogen-bond donors (Lipinski definition) is 0. The molecule has 0 saturated carbocycles. The van der Waals surface area contributed by atoms with Crippen molar-refractivity contribution in [2.24, 2.45) is 0 Å². The second kappa shape index (κ2) is 6.56. The molecule has 0 atom stereocenters. The number of piperidine rings is 1. The number of nitrogens with zero attached hydrogens (tertiary/aromatic N) is 2. The lowest BCUT2D eigenvalue weighted by molar-refractivity contribution is 0.580.